The van der Waals surface area contributed by atoms with Gasteiger partial charge in [-0.2, -0.15) is 13.2 Å². The van der Waals surface area contributed by atoms with Crippen molar-refractivity contribution in [3.05, 3.63) is 0 Å². The van der Waals surface area contributed by atoms with Crippen molar-refractivity contribution in [3.8, 4) is 0 Å². The van der Waals surface area contributed by atoms with Crippen LogP contribution in [0.5, 0.6) is 0 Å². The Kier molecular flexibility index (Phi) is 4.17. The van der Waals surface area contributed by atoms with E-state index in [1.54, 1.807) is 14.1 Å². The van der Waals surface area contributed by atoms with Crippen LogP contribution in [-0.2, 0) is 0 Å². The van der Waals surface area contributed by atoms with Gasteiger partial charge in [-0.25, -0.2) is 0 Å². The zero-order valence-electron chi connectivity index (χ0n) is 6.10. The first-order valence-corrected chi connectivity index (χ1v) is 4.13. The Bertz CT molecular complexity index is 143. The van der Waals surface area contributed by atoms with Gasteiger partial charge < -0.3 is 4.90 Å². The molecule has 0 spiro atoms. The van der Waals surface area contributed by atoms with Gasteiger partial charge in [-0.1, -0.05) is 24.0 Å². The summed E-state index contributed by atoms with van der Waals surface area (Å²) in [6.45, 7) is 0. The third kappa shape index (κ3) is 6.43. The number of nitrogens with zero attached hydrogens (tertiary/aromatic N) is 1. The molecule has 0 N–H and O–H groups in total. The maximum Gasteiger partial charge on any atom is 0.398 e. The van der Waals surface area contributed by atoms with Gasteiger partial charge in [0, 0.05) is 14.1 Å². The standard InChI is InChI=1S/C5H8F3NS2/c1-9(2)4(10)11-3-5(6,7)8/h3H2,1-2H3. The fourth-order valence-electron chi connectivity index (χ4n) is 0.273. The van der Waals surface area contributed by atoms with Crippen molar-refractivity contribution in [1.82, 2.24) is 4.90 Å². The molecule has 0 saturated carbocycles. The normalized spacial score (nSPS) is 11.4. The van der Waals surface area contributed by atoms with Crippen LogP contribution in [0, 0.1) is 0 Å². The SMILES string of the molecule is CN(C)C(=S)SCC(F)(F)F. The second kappa shape index (κ2) is 4.15. The summed E-state index contributed by atoms with van der Waals surface area (Å²) in [4.78, 5) is 1.48. The van der Waals surface area contributed by atoms with E-state index in [1.807, 2.05) is 0 Å². The molecule has 0 aromatic carbocycles. The molecule has 0 unspecified atom stereocenters. The molecule has 0 aromatic rings. The highest BCUT2D eigenvalue weighted by atomic mass is 32.2. The minimum absolute atomic E-state index is 0.252. The number of halogens is 3. The lowest BCUT2D eigenvalue weighted by Crippen LogP contribution is -2.20. The lowest BCUT2D eigenvalue weighted by Gasteiger charge is -2.13. The zero-order valence-corrected chi connectivity index (χ0v) is 7.74. The molecule has 66 valence electrons. The monoisotopic (exact) mass is 203 g/mol. The average molecular weight is 203 g/mol. The van der Waals surface area contributed by atoms with E-state index in [9.17, 15) is 13.2 Å². The van der Waals surface area contributed by atoms with Crippen LogP contribution in [0.3, 0.4) is 0 Å². The minimum Gasteiger partial charge on any atom is -0.364 e. The number of thiocarbonyl (C=S) groups is 1. The fourth-order valence-corrected chi connectivity index (χ4v) is 0.995. The van der Waals surface area contributed by atoms with E-state index in [1.165, 1.54) is 4.90 Å². The summed E-state index contributed by atoms with van der Waals surface area (Å²) < 4.78 is 35.0. The van der Waals surface area contributed by atoms with Crippen molar-refractivity contribution >= 4 is 28.3 Å². The molecule has 11 heavy (non-hydrogen) atoms. The summed E-state index contributed by atoms with van der Waals surface area (Å²) >= 11 is 5.26. The summed E-state index contributed by atoms with van der Waals surface area (Å²) in [6.07, 6.45) is -4.13. The van der Waals surface area contributed by atoms with Crippen molar-refractivity contribution in [2.45, 2.75) is 6.18 Å². The van der Waals surface area contributed by atoms with Gasteiger partial charge in [-0.05, 0) is 0 Å². The highest BCUT2D eigenvalue weighted by Crippen LogP contribution is 2.22. The topological polar surface area (TPSA) is 3.24 Å². The highest BCUT2D eigenvalue weighted by Gasteiger charge is 2.27. The van der Waals surface area contributed by atoms with E-state index < -0.39 is 11.9 Å². The quantitative estimate of drug-likeness (QED) is 0.601. The Morgan fingerprint density at radius 2 is 1.91 bits per heavy atom. The van der Waals surface area contributed by atoms with Crippen LogP contribution < -0.4 is 0 Å². The molecule has 0 saturated heterocycles. The van der Waals surface area contributed by atoms with Crippen molar-refractivity contribution in [2.75, 3.05) is 19.8 Å². The number of hydrogen-bond acceptors (Lipinski definition) is 2. The van der Waals surface area contributed by atoms with E-state index in [4.69, 9.17) is 0 Å². The first-order chi connectivity index (χ1) is 4.83. The van der Waals surface area contributed by atoms with Crippen LogP contribution in [0.25, 0.3) is 0 Å². The predicted octanol–water partition coefficient (Wildman–Crippen LogP) is 2.13. The molecule has 0 rings (SSSR count). The zero-order chi connectivity index (χ0) is 9.07. The number of thioether (sulfide) groups is 1. The van der Waals surface area contributed by atoms with Crippen molar-refractivity contribution in [1.29, 1.82) is 0 Å². The first kappa shape index (κ1) is 11.0. The summed E-state index contributed by atoms with van der Waals surface area (Å²) in [5, 5.41) is 0. The van der Waals surface area contributed by atoms with Crippen LogP contribution in [0.2, 0.25) is 0 Å². The van der Waals surface area contributed by atoms with Crippen LogP contribution in [-0.4, -0.2) is 35.2 Å². The van der Waals surface area contributed by atoms with E-state index >= 15 is 0 Å². The minimum atomic E-state index is -4.13. The van der Waals surface area contributed by atoms with Gasteiger partial charge in [0.15, 0.2) is 0 Å². The van der Waals surface area contributed by atoms with Crippen molar-refractivity contribution in [3.63, 3.8) is 0 Å². The van der Waals surface area contributed by atoms with Gasteiger partial charge in [-0.15, -0.1) is 0 Å². The maximum absolute atomic E-state index is 11.6. The molecular weight excluding hydrogens is 195 g/mol. The van der Waals surface area contributed by atoms with Gasteiger partial charge in [0.05, 0.1) is 5.75 Å². The van der Waals surface area contributed by atoms with E-state index in [0.717, 1.165) is 0 Å². The second-order valence-electron chi connectivity index (χ2n) is 2.06. The lowest BCUT2D eigenvalue weighted by molar-refractivity contribution is -0.105. The molecule has 0 aliphatic rings. The summed E-state index contributed by atoms with van der Waals surface area (Å²) in [5.41, 5.74) is 0. The fraction of sp³-hybridized carbons (Fsp3) is 0.800. The van der Waals surface area contributed by atoms with Gasteiger partial charge in [0.25, 0.3) is 0 Å². The average Bonchev–Trinajstić information content (AvgIpc) is 1.80. The molecule has 1 nitrogen and oxygen atoms in total. The number of alkyl halides is 3. The van der Waals surface area contributed by atoms with Crippen LogP contribution in [0.1, 0.15) is 0 Å². The van der Waals surface area contributed by atoms with Gasteiger partial charge >= 0.3 is 6.18 Å². The Hall–Kier alpha value is 0.0300. The Morgan fingerprint density at radius 3 is 2.18 bits per heavy atom. The van der Waals surface area contributed by atoms with Crippen molar-refractivity contribution < 1.29 is 13.2 Å². The van der Waals surface area contributed by atoms with Crippen LogP contribution in [0.15, 0.2) is 0 Å². The molecule has 6 heteroatoms. The maximum atomic E-state index is 11.6. The molecule has 0 radical (unpaired) electrons. The molecular formula is C5H8F3NS2. The third-order valence-corrected chi connectivity index (χ3v) is 2.53. The predicted molar refractivity (Wildman–Crippen MR) is 44.8 cm³/mol. The molecule has 0 aliphatic heterocycles. The van der Waals surface area contributed by atoms with E-state index in [0.29, 0.717) is 11.8 Å². The first-order valence-electron chi connectivity index (χ1n) is 2.74. The van der Waals surface area contributed by atoms with E-state index in [2.05, 4.69) is 12.2 Å². The molecule has 0 heterocycles. The molecule has 0 fully saturated rings. The van der Waals surface area contributed by atoms with Gasteiger partial charge in [0.1, 0.15) is 4.32 Å². The molecule has 0 aliphatic carbocycles. The molecule has 0 amide bonds. The molecule has 0 aromatic heterocycles. The lowest BCUT2D eigenvalue weighted by atomic mass is 10.8. The van der Waals surface area contributed by atoms with Crippen LogP contribution in [0.4, 0.5) is 13.2 Å². The molecule has 0 bridgehead atoms. The van der Waals surface area contributed by atoms with E-state index in [-0.39, 0.29) is 4.32 Å². The Morgan fingerprint density at radius 1 is 1.45 bits per heavy atom. The summed E-state index contributed by atoms with van der Waals surface area (Å²) in [7, 11) is 3.23. The summed E-state index contributed by atoms with van der Waals surface area (Å²) in [5.74, 6) is -0.913. The Balaban J connectivity index is 3.64. The van der Waals surface area contributed by atoms with Gasteiger partial charge in [-0.3, -0.25) is 0 Å². The second-order valence-corrected chi connectivity index (χ2v) is 3.67. The largest absolute Gasteiger partial charge is 0.398 e. The van der Waals surface area contributed by atoms with Crippen LogP contribution >= 0.6 is 24.0 Å². The molecule has 0 atom stereocenters. The Labute approximate surface area is 72.9 Å². The highest BCUT2D eigenvalue weighted by molar-refractivity contribution is 8.22. The smallest absolute Gasteiger partial charge is 0.364 e. The van der Waals surface area contributed by atoms with Gasteiger partial charge in [0.2, 0.25) is 0 Å². The number of rotatable bonds is 1. The third-order valence-electron chi connectivity index (χ3n) is 0.724. The number of hydrogen-bond donors (Lipinski definition) is 0. The summed E-state index contributed by atoms with van der Waals surface area (Å²) in [6, 6.07) is 0. The van der Waals surface area contributed by atoms with Crippen molar-refractivity contribution in [2.24, 2.45) is 0 Å².